The highest BCUT2D eigenvalue weighted by Gasteiger charge is 2.48. The van der Waals surface area contributed by atoms with Crippen LogP contribution in [0.25, 0.3) is 84.5 Å². The van der Waals surface area contributed by atoms with Crippen LogP contribution in [0, 0.1) is 0 Å². The Labute approximate surface area is 378 Å². The number of hydrogen-bond acceptors (Lipinski definition) is 5. The lowest BCUT2D eigenvalue weighted by atomic mass is 9.67. The Kier molecular flexibility index (Phi) is 10.1. The van der Waals surface area contributed by atoms with E-state index in [0.29, 0.717) is 23.4 Å². The molecular formula is C60H42N4O. The second-order valence-electron chi connectivity index (χ2n) is 16.1. The third-order valence-corrected chi connectivity index (χ3v) is 12.4. The molecule has 0 fully saturated rings. The minimum Gasteiger partial charge on any atom is -0.436 e. The van der Waals surface area contributed by atoms with Crippen molar-refractivity contribution in [3.63, 3.8) is 0 Å². The van der Waals surface area contributed by atoms with E-state index in [0.717, 1.165) is 66.7 Å². The molecule has 0 spiro atoms. The molecule has 0 amide bonds. The summed E-state index contributed by atoms with van der Waals surface area (Å²) in [5.74, 6) is 2.28. The Balaban J connectivity index is 1.00. The molecule has 0 saturated heterocycles. The number of fused-ring (bicyclic) bond motifs is 5. The van der Waals surface area contributed by atoms with Gasteiger partial charge >= 0.3 is 0 Å². The molecule has 65 heavy (non-hydrogen) atoms. The van der Waals surface area contributed by atoms with E-state index < -0.39 is 5.41 Å². The molecule has 10 aromatic rings. The Morgan fingerprint density at radius 2 is 0.969 bits per heavy atom. The molecule has 0 N–H and O–H groups in total. The maximum Gasteiger partial charge on any atom is 0.227 e. The number of aromatic nitrogens is 4. The first kappa shape index (κ1) is 39.3. The smallest absolute Gasteiger partial charge is 0.227 e. The van der Waals surface area contributed by atoms with Gasteiger partial charge in [0, 0.05) is 27.8 Å². The van der Waals surface area contributed by atoms with Crippen LogP contribution < -0.4 is 0 Å². The molecule has 308 valence electrons. The van der Waals surface area contributed by atoms with Crippen molar-refractivity contribution in [2.24, 2.45) is 0 Å². The van der Waals surface area contributed by atoms with E-state index in [-0.39, 0.29) is 0 Å². The summed E-state index contributed by atoms with van der Waals surface area (Å²) in [5.41, 5.74) is 15.9. The standard InChI is InChI=1S/C60H42N4O/c1-3-5-17-40(4-2)42-26-30-44(31-27-42)56-62-57(45-32-28-43(29-33-45)41-18-9-6-10-19-41)64-58(63-56)46-34-36-47(37-35-46)59-61-55-53(65-59)39-38-51-50-24-15-16-25-52(50)60(54(51)55,48-20-11-7-12-21-48)49-22-13-8-14-23-49/h3-39H,2H2,1H3/b5-3-,40-17+. The van der Waals surface area contributed by atoms with Crippen molar-refractivity contribution in [2.45, 2.75) is 12.3 Å². The predicted octanol–water partition coefficient (Wildman–Crippen LogP) is 14.9. The highest BCUT2D eigenvalue weighted by molar-refractivity contribution is 5.97. The van der Waals surface area contributed by atoms with Gasteiger partial charge in [0.15, 0.2) is 23.1 Å². The van der Waals surface area contributed by atoms with Crippen LogP contribution in [0.2, 0.25) is 0 Å². The Hall–Kier alpha value is -8.54. The zero-order valence-corrected chi connectivity index (χ0v) is 35.8. The van der Waals surface area contributed by atoms with Crippen LogP contribution in [0.5, 0.6) is 0 Å². The summed E-state index contributed by atoms with van der Waals surface area (Å²) in [4.78, 5) is 20.5. The number of nitrogens with zero attached hydrogens (tertiary/aromatic N) is 4. The van der Waals surface area contributed by atoms with Crippen LogP contribution in [0.1, 0.15) is 34.7 Å². The van der Waals surface area contributed by atoms with E-state index in [1.54, 1.807) is 0 Å². The number of rotatable bonds is 10. The van der Waals surface area contributed by atoms with Gasteiger partial charge in [-0.3, -0.25) is 0 Å². The van der Waals surface area contributed by atoms with E-state index in [1.807, 2.05) is 55.5 Å². The van der Waals surface area contributed by atoms with E-state index in [2.05, 4.69) is 183 Å². The summed E-state index contributed by atoms with van der Waals surface area (Å²) in [5, 5.41) is 0. The summed E-state index contributed by atoms with van der Waals surface area (Å²) < 4.78 is 6.67. The minimum atomic E-state index is -0.598. The lowest BCUT2D eigenvalue weighted by Gasteiger charge is -2.33. The fourth-order valence-corrected chi connectivity index (χ4v) is 9.30. The quantitative estimate of drug-likeness (QED) is 0.128. The van der Waals surface area contributed by atoms with Gasteiger partial charge in [-0.25, -0.2) is 19.9 Å². The van der Waals surface area contributed by atoms with Crippen molar-refractivity contribution >= 4 is 16.7 Å². The SMILES string of the molecule is C=C/C(=C\C=C/C)c1ccc(-c2nc(-c3ccc(-c4ccccc4)cc3)nc(-c3ccc(-c4nc5c6c(ccc5o4)-c4ccccc4C6(c4ccccc4)c4ccccc4)cc3)n2)cc1. The van der Waals surface area contributed by atoms with Crippen LogP contribution in [-0.2, 0) is 5.41 Å². The van der Waals surface area contributed by atoms with Gasteiger partial charge in [-0.1, -0.05) is 213 Å². The first-order valence-corrected chi connectivity index (χ1v) is 21.9. The zero-order valence-electron chi connectivity index (χ0n) is 35.8. The monoisotopic (exact) mass is 834 g/mol. The van der Waals surface area contributed by atoms with Crippen molar-refractivity contribution in [3.8, 4) is 67.9 Å². The van der Waals surface area contributed by atoms with E-state index in [9.17, 15) is 0 Å². The topological polar surface area (TPSA) is 64.7 Å². The van der Waals surface area contributed by atoms with Crippen molar-refractivity contribution in [2.75, 3.05) is 0 Å². The average Bonchev–Trinajstić information content (AvgIpc) is 3.96. The van der Waals surface area contributed by atoms with Gasteiger partial charge in [0.25, 0.3) is 0 Å². The maximum absolute atomic E-state index is 6.67. The minimum absolute atomic E-state index is 0.545. The van der Waals surface area contributed by atoms with Gasteiger partial charge in [0.05, 0.1) is 5.41 Å². The van der Waals surface area contributed by atoms with E-state index >= 15 is 0 Å². The normalized spacial score (nSPS) is 12.9. The molecule has 0 atom stereocenters. The summed E-state index contributed by atoms with van der Waals surface area (Å²) in [6.45, 7) is 6.03. The van der Waals surface area contributed by atoms with Crippen molar-refractivity contribution in [1.29, 1.82) is 0 Å². The number of oxazole rings is 1. The van der Waals surface area contributed by atoms with Gasteiger partial charge in [-0.05, 0) is 75.2 Å². The summed E-state index contributed by atoms with van der Waals surface area (Å²) in [7, 11) is 0. The van der Waals surface area contributed by atoms with Crippen LogP contribution in [-0.4, -0.2) is 19.9 Å². The van der Waals surface area contributed by atoms with Gasteiger partial charge < -0.3 is 4.42 Å². The van der Waals surface area contributed by atoms with Crippen molar-refractivity contribution in [3.05, 3.63) is 259 Å². The summed E-state index contributed by atoms with van der Waals surface area (Å²) in [6, 6.07) is 69.7. The lowest BCUT2D eigenvalue weighted by Crippen LogP contribution is -2.28. The highest BCUT2D eigenvalue weighted by Crippen LogP contribution is 2.58. The Morgan fingerprint density at radius 1 is 0.477 bits per heavy atom. The Bertz CT molecular complexity index is 3370. The second kappa shape index (κ2) is 16.6. The molecule has 0 bridgehead atoms. The largest absolute Gasteiger partial charge is 0.436 e. The van der Waals surface area contributed by atoms with Gasteiger partial charge in [-0.2, -0.15) is 0 Å². The van der Waals surface area contributed by atoms with E-state index in [1.165, 1.54) is 22.3 Å². The fraction of sp³-hybridized carbons (Fsp3) is 0.0333. The lowest BCUT2D eigenvalue weighted by molar-refractivity contribution is 0.620. The molecule has 5 heteroatoms. The maximum atomic E-state index is 6.67. The number of allylic oxidation sites excluding steroid dienone is 5. The number of hydrogen-bond donors (Lipinski definition) is 0. The molecule has 11 rings (SSSR count). The van der Waals surface area contributed by atoms with E-state index in [4.69, 9.17) is 24.4 Å². The van der Waals surface area contributed by atoms with Gasteiger partial charge in [0.1, 0.15) is 5.52 Å². The van der Waals surface area contributed by atoms with Crippen LogP contribution in [0.15, 0.2) is 235 Å². The second-order valence-corrected chi connectivity index (χ2v) is 16.1. The first-order valence-electron chi connectivity index (χ1n) is 21.9. The summed E-state index contributed by atoms with van der Waals surface area (Å²) in [6.07, 6.45) is 7.94. The molecule has 0 aliphatic heterocycles. The molecule has 1 aliphatic carbocycles. The van der Waals surface area contributed by atoms with Crippen molar-refractivity contribution < 1.29 is 4.42 Å². The molecule has 0 unspecified atom stereocenters. The highest BCUT2D eigenvalue weighted by atomic mass is 16.3. The molecule has 0 saturated carbocycles. The van der Waals surface area contributed by atoms with Crippen LogP contribution >= 0.6 is 0 Å². The molecule has 5 nitrogen and oxygen atoms in total. The Morgan fingerprint density at radius 3 is 1.54 bits per heavy atom. The number of benzene rings is 8. The van der Waals surface area contributed by atoms with Crippen LogP contribution in [0.3, 0.4) is 0 Å². The van der Waals surface area contributed by atoms with Gasteiger partial charge in [0.2, 0.25) is 5.89 Å². The zero-order chi connectivity index (χ0) is 43.7. The predicted molar refractivity (Wildman–Crippen MR) is 265 cm³/mol. The molecule has 0 radical (unpaired) electrons. The van der Waals surface area contributed by atoms with Crippen LogP contribution in [0.4, 0.5) is 0 Å². The molecule has 2 aromatic heterocycles. The van der Waals surface area contributed by atoms with Gasteiger partial charge in [-0.15, -0.1) is 0 Å². The van der Waals surface area contributed by atoms with Crippen molar-refractivity contribution in [1.82, 2.24) is 19.9 Å². The molecule has 8 aromatic carbocycles. The summed E-state index contributed by atoms with van der Waals surface area (Å²) >= 11 is 0. The third-order valence-electron chi connectivity index (χ3n) is 12.4. The molecule has 1 aliphatic rings. The molecule has 2 heterocycles. The fourth-order valence-electron chi connectivity index (χ4n) is 9.30. The third kappa shape index (κ3) is 6.91. The molecular weight excluding hydrogens is 793 g/mol. The average molecular weight is 835 g/mol. The first-order chi connectivity index (χ1) is 32.1.